The van der Waals surface area contributed by atoms with Crippen LogP contribution in [0.5, 0.6) is 0 Å². The number of hydrogen-bond donors (Lipinski definition) is 2. The van der Waals surface area contributed by atoms with Gasteiger partial charge in [-0.1, -0.05) is 11.6 Å². The molecule has 0 unspecified atom stereocenters. The molecule has 1 aliphatic heterocycles. The number of nitrogens with one attached hydrogen (secondary N) is 2. The van der Waals surface area contributed by atoms with Gasteiger partial charge in [0.15, 0.2) is 0 Å². The van der Waals surface area contributed by atoms with E-state index in [2.05, 4.69) is 10.6 Å². The van der Waals surface area contributed by atoms with Crippen LogP contribution in [-0.4, -0.2) is 42.9 Å². The first kappa shape index (κ1) is 18.1. The Morgan fingerprint density at radius 2 is 1.92 bits per heavy atom. The van der Waals surface area contributed by atoms with Gasteiger partial charge in [0.2, 0.25) is 11.8 Å². The number of amides is 2. The molecule has 2 fully saturated rings. The molecule has 2 N–H and O–H groups in total. The Morgan fingerprint density at radius 1 is 1.20 bits per heavy atom. The fourth-order valence-electron chi connectivity index (χ4n) is 3.03. The van der Waals surface area contributed by atoms with E-state index < -0.39 is 5.82 Å². The molecule has 0 aromatic heterocycles. The molecular weight excluding hydrogens is 345 g/mol. The van der Waals surface area contributed by atoms with Gasteiger partial charge in [0.05, 0.1) is 11.6 Å². The predicted octanol–water partition coefficient (Wildman–Crippen LogP) is 2.66. The van der Waals surface area contributed by atoms with Gasteiger partial charge in [-0.2, -0.15) is 0 Å². The van der Waals surface area contributed by atoms with Gasteiger partial charge >= 0.3 is 0 Å². The lowest BCUT2D eigenvalue weighted by molar-refractivity contribution is -0.133. The van der Waals surface area contributed by atoms with E-state index in [1.807, 2.05) is 4.90 Å². The Morgan fingerprint density at radius 3 is 2.56 bits per heavy atom. The largest absolute Gasteiger partial charge is 0.342 e. The third-order valence-corrected chi connectivity index (χ3v) is 5.10. The average Bonchev–Trinajstić information content (AvgIpc) is 3.42. The Hall–Kier alpha value is -1.66. The molecular formula is C18H23ClFN3O2. The number of rotatable bonds is 6. The van der Waals surface area contributed by atoms with Crippen LogP contribution in [0.2, 0.25) is 5.02 Å². The van der Waals surface area contributed by atoms with Crippen molar-refractivity contribution in [2.24, 2.45) is 11.8 Å². The molecule has 2 aliphatic rings. The monoisotopic (exact) mass is 367 g/mol. The summed E-state index contributed by atoms with van der Waals surface area (Å²) in [5.41, 5.74) is 0.485. The molecule has 25 heavy (non-hydrogen) atoms. The minimum atomic E-state index is -0.512. The highest BCUT2D eigenvalue weighted by molar-refractivity contribution is 6.31. The van der Waals surface area contributed by atoms with E-state index in [0.29, 0.717) is 38.2 Å². The van der Waals surface area contributed by atoms with Crippen LogP contribution in [0.15, 0.2) is 18.2 Å². The van der Waals surface area contributed by atoms with Gasteiger partial charge in [0.25, 0.3) is 0 Å². The lowest BCUT2D eigenvalue weighted by Gasteiger charge is -2.31. The normalized spacial score (nSPS) is 18.2. The van der Waals surface area contributed by atoms with Crippen molar-refractivity contribution in [1.29, 1.82) is 0 Å². The second-order valence-corrected chi connectivity index (χ2v) is 7.25. The zero-order chi connectivity index (χ0) is 17.8. The molecule has 0 spiro atoms. The summed E-state index contributed by atoms with van der Waals surface area (Å²) in [6.45, 7) is 2.48. The lowest BCUT2D eigenvalue weighted by atomic mass is 9.95. The van der Waals surface area contributed by atoms with Gasteiger partial charge in [-0.15, -0.1) is 0 Å². The highest BCUT2D eigenvalue weighted by Gasteiger charge is 2.27. The Labute approximate surface area is 151 Å². The molecule has 136 valence electrons. The van der Waals surface area contributed by atoms with Gasteiger partial charge in [0.1, 0.15) is 5.82 Å². The first-order valence-corrected chi connectivity index (χ1v) is 9.15. The molecule has 0 radical (unpaired) electrons. The van der Waals surface area contributed by atoms with Gasteiger partial charge in [-0.3, -0.25) is 9.59 Å². The zero-order valence-electron chi connectivity index (χ0n) is 14.1. The summed E-state index contributed by atoms with van der Waals surface area (Å²) in [4.78, 5) is 26.3. The standard InChI is InChI=1S/C18H23ClFN3O2/c19-15-9-14(3-4-16(15)20)22-18(25)13-5-7-23(8-6-13)17(24)11-21-10-12-1-2-12/h3-4,9,12-13,21H,1-2,5-8,10-11H2,(H,22,25). The fraction of sp³-hybridized carbons (Fsp3) is 0.556. The minimum Gasteiger partial charge on any atom is -0.342 e. The van der Waals surface area contributed by atoms with Crippen LogP contribution in [0.25, 0.3) is 0 Å². The number of benzene rings is 1. The van der Waals surface area contributed by atoms with Crippen LogP contribution in [0.1, 0.15) is 25.7 Å². The van der Waals surface area contributed by atoms with Crippen molar-refractivity contribution < 1.29 is 14.0 Å². The van der Waals surface area contributed by atoms with Gasteiger partial charge < -0.3 is 15.5 Å². The van der Waals surface area contributed by atoms with Gasteiger partial charge in [-0.05, 0) is 56.3 Å². The van der Waals surface area contributed by atoms with Crippen molar-refractivity contribution in [3.8, 4) is 0 Å². The molecule has 3 rings (SSSR count). The van der Waals surface area contributed by atoms with E-state index in [9.17, 15) is 14.0 Å². The van der Waals surface area contributed by atoms with Crippen molar-refractivity contribution >= 4 is 29.1 Å². The molecule has 1 aliphatic carbocycles. The van der Waals surface area contributed by atoms with Crippen molar-refractivity contribution in [2.45, 2.75) is 25.7 Å². The van der Waals surface area contributed by atoms with E-state index in [-0.39, 0.29) is 22.8 Å². The van der Waals surface area contributed by atoms with E-state index in [1.54, 1.807) is 0 Å². The quantitative estimate of drug-likeness (QED) is 0.812. The van der Waals surface area contributed by atoms with Crippen molar-refractivity contribution in [3.05, 3.63) is 29.0 Å². The number of carbonyl (C=O) groups is 2. The number of anilines is 1. The number of halogens is 2. The maximum absolute atomic E-state index is 13.2. The summed E-state index contributed by atoms with van der Waals surface area (Å²) in [5, 5.41) is 5.96. The van der Waals surface area contributed by atoms with Crippen LogP contribution in [0.4, 0.5) is 10.1 Å². The zero-order valence-corrected chi connectivity index (χ0v) is 14.8. The number of likely N-dealkylation sites (tertiary alicyclic amines) is 1. The molecule has 0 bridgehead atoms. The molecule has 2 amide bonds. The van der Waals surface area contributed by atoms with E-state index in [1.165, 1.54) is 31.0 Å². The molecule has 0 atom stereocenters. The van der Waals surface area contributed by atoms with Crippen molar-refractivity contribution in [3.63, 3.8) is 0 Å². The van der Waals surface area contributed by atoms with Crippen LogP contribution in [-0.2, 0) is 9.59 Å². The van der Waals surface area contributed by atoms with Crippen molar-refractivity contribution in [1.82, 2.24) is 10.2 Å². The average molecular weight is 368 g/mol. The van der Waals surface area contributed by atoms with E-state index in [4.69, 9.17) is 11.6 Å². The lowest BCUT2D eigenvalue weighted by Crippen LogP contribution is -2.45. The summed E-state index contributed by atoms with van der Waals surface area (Å²) < 4.78 is 13.2. The number of hydrogen-bond acceptors (Lipinski definition) is 3. The van der Waals surface area contributed by atoms with E-state index >= 15 is 0 Å². The molecule has 1 saturated heterocycles. The summed E-state index contributed by atoms with van der Waals surface area (Å²) in [6.07, 6.45) is 3.80. The summed E-state index contributed by atoms with van der Waals surface area (Å²) in [6, 6.07) is 4.12. The predicted molar refractivity (Wildman–Crippen MR) is 94.9 cm³/mol. The Balaban J connectivity index is 1.42. The highest BCUT2D eigenvalue weighted by atomic mass is 35.5. The van der Waals surface area contributed by atoms with Crippen LogP contribution < -0.4 is 10.6 Å². The maximum atomic E-state index is 13.2. The summed E-state index contributed by atoms with van der Waals surface area (Å²) in [7, 11) is 0. The Bertz CT molecular complexity index is 643. The minimum absolute atomic E-state index is 0.0167. The molecule has 1 saturated carbocycles. The summed E-state index contributed by atoms with van der Waals surface area (Å²) in [5.74, 6) is 0.0859. The third-order valence-electron chi connectivity index (χ3n) is 4.81. The van der Waals surface area contributed by atoms with Gasteiger partial charge in [-0.25, -0.2) is 4.39 Å². The van der Waals surface area contributed by atoms with Crippen LogP contribution in [0, 0.1) is 17.7 Å². The molecule has 1 heterocycles. The topological polar surface area (TPSA) is 61.4 Å². The molecule has 5 nitrogen and oxygen atoms in total. The third kappa shape index (κ3) is 5.16. The van der Waals surface area contributed by atoms with Crippen LogP contribution in [0.3, 0.4) is 0 Å². The second kappa shape index (κ2) is 8.15. The number of carbonyl (C=O) groups excluding carboxylic acids is 2. The first-order chi connectivity index (χ1) is 12.0. The number of nitrogens with zero attached hydrogens (tertiary/aromatic N) is 1. The second-order valence-electron chi connectivity index (χ2n) is 6.85. The maximum Gasteiger partial charge on any atom is 0.236 e. The first-order valence-electron chi connectivity index (χ1n) is 8.77. The Kier molecular flexibility index (Phi) is 5.91. The van der Waals surface area contributed by atoms with E-state index in [0.717, 1.165) is 12.5 Å². The van der Waals surface area contributed by atoms with Gasteiger partial charge in [0, 0.05) is 24.7 Å². The molecule has 1 aromatic rings. The number of piperidine rings is 1. The molecule has 1 aromatic carbocycles. The molecule has 7 heteroatoms. The smallest absolute Gasteiger partial charge is 0.236 e. The van der Waals surface area contributed by atoms with Crippen LogP contribution >= 0.6 is 11.6 Å². The fourth-order valence-corrected chi connectivity index (χ4v) is 3.21. The highest BCUT2D eigenvalue weighted by Crippen LogP contribution is 2.27. The SMILES string of the molecule is O=C(Nc1ccc(F)c(Cl)c1)C1CCN(C(=O)CNCC2CC2)CC1. The summed E-state index contributed by atoms with van der Waals surface area (Å²) >= 11 is 5.73. The van der Waals surface area contributed by atoms with Crippen molar-refractivity contribution in [2.75, 3.05) is 31.5 Å².